The van der Waals surface area contributed by atoms with Crippen LogP contribution < -0.4 is 16.2 Å². The average molecular weight is 275 g/mol. The summed E-state index contributed by atoms with van der Waals surface area (Å²) in [6, 6.07) is 4.68. The molecule has 0 radical (unpaired) electrons. The number of hydrogen-bond acceptors (Lipinski definition) is 3. The Balaban J connectivity index is 2.46. The number of aromatic carboxylic acids is 1. The molecule has 0 fully saturated rings. The Morgan fingerprint density at radius 1 is 1.30 bits per heavy atom. The maximum atomic E-state index is 11.8. The van der Waals surface area contributed by atoms with E-state index in [2.05, 4.69) is 4.99 Å². The molecule has 1 heterocycles. The Kier molecular flexibility index (Phi) is 3.69. The minimum atomic E-state index is -1.09. The number of carboxylic acid groups (broad SMARTS) is 1. The zero-order chi connectivity index (χ0) is 14.7. The van der Waals surface area contributed by atoms with E-state index < -0.39 is 11.9 Å². The third-order valence-corrected chi connectivity index (χ3v) is 2.73. The molecule has 1 aliphatic heterocycles. The predicted molar refractivity (Wildman–Crippen MR) is 72.3 cm³/mol. The van der Waals surface area contributed by atoms with E-state index in [0.29, 0.717) is 17.6 Å². The highest BCUT2D eigenvalue weighted by molar-refractivity contribution is 6.05. The second-order valence-electron chi connectivity index (χ2n) is 4.14. The van der Waals surface area contributed by atoms with E-state index in [9.17, 15) is 9.59 Å². The lowest BCUT2D eigenvalue weighted by atomic mass is 10.1. The summed E-state index contributed by atoms with van der Waals surface area (Å²) in [7, 11) is 0. The molecule has 20 heavy (non-hydrogen) atoms. The molecule has 104 valence electrons. The Bertz CT molecular complexity index is 631. The van der Waals surface area contributed by atoms with E-state index in [1.165, 1.54) is 6.07 Å². The second kappa shape index (κ2) is 5.43. The van der Waals surface area contributed by atoms with Crippen LogP contribution in [-0.2, 0) is 4.79 Å². The largest absolute Gasteiger partial charge is 0.492 e. The van der Waals surface area contributed by atoms with Gasteiger partial charge in [0, 0.05) is 17.6 Å². The van der Waals surface area contributed by atoms with Crippen molar-refractivity contribution < 1.29 is 19.4 Å². The third-order valence-electron chi connectivity index (χ3n) is 2.73. The maximum absolute atomic E-state index is 11.8. The third kappa shape index (κ3) is 2.77. The summed E-state index contributed by atoms with van der Waals surface area (Å²) < 4.78 is 5.43. The Morgan fingerprint density at radius 3 is 2.70 bits per heavy atom. The second-order valence-corrected chi connectivity index (χ2v) is 4.14. The van der Waals surface area contributed by atoms with E-state index in [1.807, 2.05) is 0 Å². The van der Waals surface area contributed by atoms with Crippen molar-refractivity contribution in [3.05, 3.63) is 34.9 Å². The number of carboxylic acids is 1. The van der Waals surface area contributed by atoms with Crippen LogP contribution in [-0.4, -0.2) is 29.5 Å². The molecule has 1 amide bonds. The number of fused-ring (bicyclic) bond motifs is 1. The smallest absolute Gasteiger partial charge is 0.339 e. The first kappa shape index (κ1) is 13.6. The van der Waals surface area contributed by atoms with Crippen LogP contribution in [0.3, 0.4) is 0 Å². The molecule has 0 bridgehead atoms. The minimum absolute atomic E-state index is 0.0503. The van der Waals surface area contributed by atoms with Crippen LogP contribution in [0.15, 0.2) is 28.8 Å². The van der Waals surface area contributed by atoms with Crippen LogP contribution in [0.4, 0.5) is 0 Å². The van der Waals surface area contributed by atoms with E-state index >= 15 is 0 Å². The topological polar surface area (TPSA) is 128 Å². The number of aliphatic imine (C=N–C) groups is 1. The first-order valence-electron chi connectivity index (χ1n) is 5.82. The monoisotopic (exact) mass is 275 g/mol. The fourth-order valence-electron chi connectivity index (χ4n) is 1.88. The molecular weight excluding hydrogens is 262 g/mol. The Labute approximate surface area is 114 Å². The van der Waals surface area contributed by atoms with Crippen molar-refractivity contribution in [1.82, 2.24) is 0 Å². The average Bonchev–Trinajstić information content (AvgIpc) is 2.59. The van der Waals surface area contributed by atoms with Crippen molar-refractivity contribution in [2.75, 3.05) is 6.61 Å². The SMILES string of the molecule is NC(N)=NC(=O)C1=Cc2cccc(C(=O)O)c2OCC1. The standard InChI is InChI=1S/C13H13N3O4/c14-13(15)16-11(17)8-4-5-20-10-7(6-8)2-1-3-9(10)12(18)19/h1-3,6H,4-5H2,(H,18,19)(H4,14,15,16,17). The number of para-hydroxylation sites is 1. The molecule has 1 aromatic carbocycles. The van der Waals surface area contributed by atoms with E-state index in [4.69, 9.17) is 21.3 Å². The van der Waals surface area contributed by atoms with Gasteiger partial charge in [0.15, 0.2) is 5.96 Å². The summed E-state index contributed by atoms with van der Waals surface area (Å²) in [5.74, 6) is -1.72. The normalized spacial score (nSPS) is 13.3. The van der Waals surface area contributed by atoms with E-state index in [-0.39, 0.29) is 23.9 Å². The van der Waals surface area contributed by atoms with Gasteiger partial charge in [0.05, 0.1) is 6.61 Å². The van der Waals surface area contributed by atoms with Crippen molar-refractivity contribution in [3.63, 3.8) is 0 Å². The lowest BCUT2D eigenvalue weighted by Gasteiger charge is -2.08. The summed E-state index contributed by atoms with van der Waals surface area (Å²) >= 11 is 0. The Hall–Kier alpha value is -2.83. The van der Waals surface area contributed by atoms with Crippen molar-refractivity contribution in [1.29, 1.82) is 0 Å². The summed E-state index contributed by atoms with van der Waals surface area (Å²) in [4.78, 5) is 26.4. The molecule has 0 atom stereocenters. The summed E-state index contributed by atoms with van der Waals surface area (Å²) in [6.45, 7) is 0.175. The molecule has 1 aromatic rings. The Morgan fingerprint density at radius 2 is 2.05 bits per heavy atom. The van der Waals surface area contributed by atoms with Crippen molar-refractivity contribution in [3.8, 4) is 5.75 Å². The predicted octanol–water partition coefficient (Wildman–Crippen LogP) is 0.351. The van der Waals surface area contributed by atoms with Crippen LogP contribution >= 0.6 is 0 Å². The molecule has 0 aliphatic carbocycles. The minimum Gasteiger partial charge on any atom is -0.492 e. The molecule has 7 heteroatoms. The van der Waals surface area contributed by atoms with Gasteiger partial charge in [0.1, 0.15) is 11.3 Å². The van der Waals surface area contributed by atoms with Crippen molar-refractivity contribution in [2.24, 2.45) is 16.5 Å². The molecule has 0 spiro atoms. The number of carbonyl (C=O) groups is 2. The first-order valence-corrected chi connectivity index (χ1v) is 5.82. The maximum Gasteiger partial charge on any atom is 0.339 e. The summed E-state index contributed by atoms with van der Waals surface area (Å²) in [6.07, 6.45) is 1.84. The van der Waals surface area contributed by atoms with Gasteiger partial charge in [-0.05, 0) is 12.1 Å². The van der Waals surface area contributed by atoms with Crippen LogP contribution in [0.5, 0.6) is 5.75 Å². The zero-order valence-corrected chi connectivity index (χ0v) is 10.5. The van der Waals surface area contributed by atoms with Gasteiger partial charge in [0.25, 0.3) is 5.91 Å². The number of amides is 1. The number of ether oxygens (including phenoxy) is 1. The molecule has 1 aliphatic rings. The van der Waals surface area contributed by atoms with Gasteiger partial charge in [-0.1, -0.05) is 12.1 Å². The first-order chi connectivity index (χ1) is 9.49. The fraction of sp³-hybridized carbons (Fsp3) is 0.154. The van der Waals surface area contributed by atoms with Crippen LogP contribution in [0.2, 0.25) is 0 Å². The van der Waals surface area contributed by atoms with Gasteiger partial charge in [0.2, 0.25) is 0 Å². The van der Waals surface area contributed by atoms with Gasteiger partial charge in [-0.3, -0.25) is 4.79 Å². The molecular formula is C13H13N3O4. The highest BCUT2D eigenvalue weighted by Gasteiger charge is 2.20. The lowest BCUT2D eigenvalue weighted by molar-refractivity contribution is -0.114. The number of nitrogens with two attached hydrogens (primary N) is 2. The molecule has 7 nitrogen and oxygen atoms in total. The molecule has 0 unspecified atom stereocenters. The highest BCUT2D eigenvalue weighted by Crippen LogP contribution is 2.30. The van der Waals surface area contributed by atoms with Crippen LogP contribution in [0.1, 0.15) is 22.3 Å². The summed E-state index contributed by atoms with van der Waals surface area (Å²) in [5.41, 5.74) is 11.3. The molecule has 2 rings (SSSR count). The van der Waals surface area contributed by atoms with Gasteiger partial charge in [-0.25, -0.2) is 4.79 Å². The quantitative estimate of drug-likeness (QED) is 0.527. The van der Waals surface area contributed by atoms with Crippen LogP contribution in [0.25, 0.3) is 6.08 Å². The van der Waals surface area contributed by atoms with Gasteiger partial charge >= 0.3 is 5.97 Å². The number of rotatable bonds is 2. The lowest BCUT2D eigenvalue weighted by Crippen LogP contribution is -2.24. The number of nitrogens with zero attached hydrogens (tertiary/aromatic N) is 1. The van der Waals surface area contributed by atoms with Gasteiger partial charge < -0.3 is 21.3 Å². The number of hydrogen-bond donors (Lipinski definition) is 3. The van der Waals surface area contributed by atoms with Crippen molar-refractivity contribution >= 4 is 23.9 Å². The van der Waals surface area contributed by atoms with Gasteiger partial charge in [-0.15, -0.1) is 0 Å². The molecule has 0 saturated heterocycles. The number of benzene rings is 1. The van der Waals surface area contributed by atoms with Gasteiger partial charge in [-0.2, -0.15) is 4.99 Å². The summed E-state index contributed by atoms with van der Waals surface area (Å²) in [5, 5.41) is 9.10. The van der Waals surface area contributed by atoms with Crippen LogP contribution in [0, 0.1) is 0 Å². The molecule has 5 N–H and O–H groups in total. The number of guanidine groups is 1. The molecule has 0 aromatic heterocycles. The van der Waals surface area contributed by atoms with E-state index in [1.54, 1.807) is 18.2 Å². The molecule has 0 saturated carbocycles. The van der Waals surface area contributed by atoms with E-state index in [0.717, 1.165) is 0 Å². The number of carbonyl (C=O) groups excluding carboxylic acids is 1. The fourth-order valence-corrected chi connectivity index (χ4v) is 1.88. The zero-order valence-electron chi connectivity index (χ0n) is 10.5. The highest BCUT2D eigenvalue weighted by atomic mass is 16.5. The van der Waals surface area contributed by atoms with Crippen molar-refractivity contribution in [2.45, 2.75) is 6.42 Å².